The Morgan fingerprint density at radius 2 is 1.74 bits per heavy atom. The summed E-state index contributed by atoms with van der Waals surface area (Å²) in [7, 11) is 0. The minimum Gasteiger partial charge on any atom is -0.323 e. The van der Waals surface area contributed by atoms with E-state index in [0.29, 0.717) is 5.92 Å². The van der Waals surface area contributed by atoms with Crippen LogP contribution in [0.1, 0.15) is 79.2 Å². The Kier molecular flexibility index (Phi) is 8.86. The second-order valence-electron chi connectivity index (χ2n) is 9.69. The quantitative estimate of drug-likeness (QED) is 0.351. The fourth-order valence-corrected chi connectivity index (χ4v) is 4.02. The third-order valence-corrected chi connectivity index (χ3v) is 5.98. The van der Waals surface area contributed by atoms with Gasteiger partial charge < -0.3 is 5.32 Å². The van der Waals surface area contributed by atoms with Gasteiger partial charge in [-0.05, 0) is 80.2 Å². The molecule has 0 heterocycles. The first-order chi connectivity index (χ1) is 14.6. The van der Waals surface area contributed by atoms with E-state index >= 15 is 0 Å². The van der Waals surface area contributed by atoms with E-state index in [4.69, 9.17) is 0 Å². The van der Waals surface area contributed by atoms with Gasteiger partial charge in [-0.1, -0.05) is 81.4 Å². The maximum absolute atomic E-state index is 12.3. The van der Waals surface area contributed by atoms with Crippen LogP contribution in [0.15, 0.2) is 83.0 Å². The number of rotatable bonds is 7. The van der Waals surface area contributed by atoms with Crippen LogP contribution in [0.2, 0.25) is 0 Å². The van der Waals surface area contributed by atoms with Crippen molar-refractivity contribution in [3.8, 4) is 0 Å². The zero-order chi connectivity index (χ0) is 23.0. The van der Waals surface area contributed by atoms with Crippen molar-refractivity contribution < 1.29 is 4.79 Å². The lowest BCUT2D eigenvalue weighted by Gasteiger charge is -2.32. The summed E-state index contributed by atoms with van der Waals surface area (Å²) >= 11 is 0. The Bertz CT molecular complexity index is 918. The van der Waals surface area contributed by atoms with Crippen LogP contribution < -0.4 is 5.32 Å². The molecule has 1 N–H and O–H groups in total. The molecule has 0 saturated carbocycles. The monoisotopic (exact) mass is 417 g/mol. The maximum atomic E-state index is 12.3. The van der Waals surface area contributed by atoms with Gasteiger partial charge >= 0.3 is 0 Å². The molecule has 0 aromatic heterocycles. The van der Waals surface area contributed by atoms with Crippen molar-refractivity contribution in [2.24, 2.45) is 5.41 Å². The van der Waals surface area contributed by atoms with E-state index in [0.717, 1.165) is 11.3 Å². The third-order valence-electron chi connectivity index (χ3n) is 5.98. The number of allylic oxidation sites excluding steroid dienone is 9. The number of hydrogen-bond donors (Lipinski definition) is 1. The standard InChI is InChI=1S/C29H39NO/c1-21(2)25-14-16-26(17-15-25)30-28(31)20-23(4)11-8-10-22(3)13-18-27-24(5)12-9-19-29(27,6)7/h8,10-11,13-18,20-21H,9,12,19H2,1-7H3,(H,30,31)/b11-8+,18-13+,22-10+,23-20+. The lowest BCUT2D eigenvalue weighted by molar-refractivity contribution is -0.111. The molecule has 2 heteroatoms. The van der Waals surface area contributed by atoms with Crippen LogP contribution in [0.4, 0.5) is 5.69 Å². The van der Waals surface area contributed by atoms with Crippen molar-refractivity contribution >= 4 is 11.6 Å². The van der Waals surface area contributed by atoms with E-state index in [-0.39, 0.29) is 11.3 Å². The first-order valence-electron chi connectivity index (χ1n) is 11.4. The van der Waals surface area contributed by atoms with Gasteiger partial charge in [-0.2, -0.15) is 0 Å². The van der Waals surface area contributed by atoms with Gasteiger partial charge in [0.25, 0.3) is 0 Å². The highest BCUT2D eigenvalue weighted by Gasteiger charge is 2.26. The average molecular weight is 418 g/mol. The summed E-state index contributed by atoms with van der Waals surface area (Å²) in [6, 6.07) is 8.03. The summed E-state index contributed by atoms with van der Waals surface area (Å²) in [5, 5.41) is 2.93. The Morgan fingerprint density at radius 1 is 1.06 bits per heavy atom. The SMILES string of the molecule is CC1=C(/C=C/C(C)=C/C=C/C(C)=C/C(=O)Nc2ccc(C(C)C)cc2)C(C)(C)CCC1. The lowest BCUT2D eigenvalue weighted by Crippen LogP contribution is -2.19. The number of anilines is 1. The van der Waals surface area contributed by atoms with Crippen molar-refractivity contribution in [3.63, 3.8) is 0 Å². The topological polar surface area (TPSA) is 29.1 Å². The van der Waals surface area contributed by atoms with Crippen molar-refractivity contribution in [1.29, 1.82) is 0 Å². The van der Waals surface area contributed by atoms with E-state index in [9.17, 15) is 4.79 Å². The molecule has 0 spiro atoms. The third kappa shape index (κ3) is 7.86. The second kappa shape index (κ2) is 11.1. The molecule has 0 aliphatic heterocycles. The molecule has 0 atom stereocenters. The molecule has 0 fully saturated rings. The summed E-state index contributed by atoms with van der Waals surface area (Å²) in [6.45, 7) is 15.3. The fourth-order valence-electron chi connectivity index (χ4n) is 4.02. The molecule has 0 saturated heterocycles. The summed E-state index contributed by atoms with van der Waals surface area (Å²) < 4.78 is 0. The van der Waals surface area contributed by atoms with Crippen LogP contribution in [-0.4, -0.2) is 5.91 Å². The molecule has 0 radical (unpaired) electrons. The van der Waals surface area contributed by atoms with Crippen LogP contribution in [0.25, 0.3) is 0 Å². The highest BCUT2D eigenvalue weighted by atomic mass is 16.1. The predicted molar refractivity (Wildman–Crippen MR) is 135 cm³/mol. The van der Waals surface area contributed by atoms with E-state index in [1.807, 2.05) is 31.2 Å². The van der Waals surface area contributed by atoms with Crippen LogP contribution in [0.3, 0.4) is 0 Å². The van der Waals surface area contributed by atoms with E-state index in [1.165, 1.54) is 41.5 Å². The van der Waals surface area contributed by atoms with Gasteiger partial charge in [0.1, 0.15) is 0 Å². The van der Waals surface area contributed by atoms with Gasteiger partial charge in [0, 0.05) is 11.8 Å². The molecule has 0 unspecified atom stereocenters. The number of carbonyl (C=O) groups is 1. The largest absolute Gasteiger partial charge is 0.323 e. The van der Waals surface area contributed by atoms with Crippen molar-refractivity contribution in [3.05, 3.63) is 88.6 Å². The van der Waals surface area contributed by atoms with E-state index < -0.39 is 0 Å². The van der Waals surface area contributed by atoms with Gasteiger partial charge in [0.15, 0.2) is 0 Å². The normalized spacial score (nSPS) is 17.8. The predicted octanol–water partition coefficient (Wildman–Crippen LogP) is 8.28. The first-order valence-corrected chi connectivity index (χ1v) is 11.4. The average Bonchev–Trinajstić information content (AvgIpc) is 2.67. The molecule has 1 aromatic rings. The number of carbonyl (C=O) groups excluding carboxylic acids is 1. The van der Waals surface area contributed by atoms with Crippen molar-refractivity contribution in [2.45, 2.75) is 73.6 Å². The van der Waals surface area contributed by atoms with Gasteiger partial charge in [-0.15, -0.1) is 0 Å². The molecule has 166 valence electrons. The van der Waals surface area contributed by atoms with Gasteiger partial charge in [0.2, 0.25) is 5.91 Å². The number of benzene rings is 1. The Balaban J connectivity index is 1.95. The number of amides is 1. The fraction of sp³-hybridized carbons (Fsp3) is 0.414. The Hall–Kier alpha value is -2.61. The summed E-state index contributed by atoms with van der Waals surface area (Å²) in [4.78, 5) is 12.3. The second-order valence-corrected chi connectivity index (χ2v) is 9.69. The van der Waals surface area contributed by atoms with Crippen LogP contribution in [0, 0.1) is 5.41 Å². The molecule has 2 nitrogen and oxygen atoms in total. The highest BCUT2D eigenvalue weighted by molar-refractivity contribution is 5.99. The molecule has 31 heavy (non-hydrogen) atoms. The molecule has 1 aromatic carbocycles. The molecule has 1 aliphatic carbocycles. The van der Waals surface area contributed by atoms with E-state index in [2.05, 4.69) is 77.2 Å². The minimum atomic E-state index is -0.109. The van der Waals surface area contributed by atoms with Crippen LogP contribution >= 0.6 is 0 Å². The Morgan fingerprint density at radius 3 is 2.35 bits per heavy atom. The summed E-state index contributed by atoms with van der Waals surface area (Å²) in [6.07, 6.45) is 15.9. The van der Waals surface area contributed by atoms with Gasteiger partial charge in [-0.25, -0.2) is 0 Å². The Labute approximate surface area is 189 Å². The molecule has 0 bridgehead atoms. The maximum Gasteiger partial charge on any atom is 0.248 e. The number of hydrogen-bond acceptors (Lipinski definition) is 1. The highest BCUT2D eigenvalue weighted by Crippen LogP contribution is 2.40. The molecular formula is C29H39NO. The van der Waals surface area contributed by atoms with Crippen LogP contribution in [0.5, 0.6) is 0 Å². The lowest BCUT2D eigenvalue weighted by atomic mass is 9.72. The van der Waals surface area contributed by atoms with Crippen LogP contribution in [-0.2, 0) is 4.79 Å². The molecule has 2 rings (SSSR count). The van der Waals surface area contributed by atoms with Gasteiger partial charge in [-0.3, -0.25) is 4.79 Å². The molecular weight excluding hydrogens is 378 g/mol. The zero-order valence-corrected chi connectivity index (χ0v) is 20.4. The summed E-state index contributed by atoms with van der Waals surface area (Å²) in [5.41, 5.74) is 7.44. The first kappa shape index (κ1) is 24.7. The summed E-state index contributed by atoms with van der Waals surface area (Å²) in [5.74, 6) is 0.375. The van der Waals surface area contributed by atoms with Crippen molar-refractivity contribution in [2.75, 3.05) is 5.32 Å². The molecule has 1 aliphatic rings. The van der Waals surface area contributed by atoms with E-state index in [1.54, 1.807) is 6.08 Å². The molecule has 1 amide bonds. The number of nitrogens with one attached hydrogen (secondary N) is 1. The zero-order valence-electron chi connectivity index (χ0n) is 20.4. The van der Waals surface area contributed by atoms with Gasteiger partial charge in [0.05, 0.1) is 0 Å². The smallest absolute Gasteiger partial charge is 0.248 e. The van der Waals surface area contributed by atoms with Crippen molar-refractivity contribution in [1.82, 2.24) is 0 Å². The minimum absolute atomic E-state index is 0.109.